The maximum Gasteiger partial charge on any atom is 0.394 e. The van der Waals surface area contributed by atoms with Gasteiger partial charge in [0.25, 0.3) is 36.2 Å². The third kappa shape index (κ3) is 27.4. The molecule has 2 aliphatic carbocycles. The average Bonchev–Trinajstić information content (AvgIpc) is 1.74. The highest BCUT2D eigenvalue weighted by atomic mass is 35.7. The Labute approximate surface area is 843 Å². The molecular weight excluding hydrogens is 2080 g/mol. The van der Waals surface area contributed by atoms with Gasteiger partial charge in [-0.1, -0.05) is 147 Å². The van der Waals surface area contributed by atoms with Crippen molar-refractivity contribution in [1.82, 2.24) is 27.2 Å². The molecule has 12 N–H and O–H groups in total. The minimum atomic E-state index is -4.67. The molecule has 12 aromatic rings. The standard InChI is InChI=1S/C22H24ClN3O6S.C14H15ClN2O6S.C13H17ClN2O3S.C11H11Cl2NO3S.C10H15NO.C8H11ClN2O3S.C7H8O3.C3H8.H2O4S/c1-22(2)9-7-14-11(8-10-32-14)21(22)25-16-15(18(28)19(16)29)24-13-6-5-12(23)20(17(13)27)33(30,31)26(3)4;1-4-23-13-9(11(19)12(13)20)16-8-6-5-7(15)14(10(8)18)24(21,22)17(2)3;1-13(2,3)12-15-9-7-6-8(14)11(10(9)19-12)20(17,18)16(4)5;1-11(2,3)10-14-7-5-4-6(12)9(8(7)17-10)18(13,15)16;1-10(2)5-3-8-7(9(10)11)4-6-12-8;1-11(2)15(13,14)8-5(9)3-4-6(10)7(8)12;1-3-10-7-4(2)5(8)6(7)9;1-3-2;1-5(2,3)4/h5-6,8,10,21,24-25,27H,7,9H2,1-4H3;5-6,16,18H,4H2,1-3H3;6-7H,1-5H3;4-5H,1-3H3;4,6,9H,3,5,11H2,1-2H3;3-4,12H,10H2,1-2H3;3H2,1-2H3;3H2,1-2H3;(H2,1,2,3,4)/t21-;;;;9-;;;;/m0...0..../s1/i;;;;;;;1D3;. The van der Waals surface area contributed by atoms with Crippen molar-refractivity contribution in [1.29, 1.82) is 0 Å². The van der Waals surface area contributed by atoms with Crippen LogP contribution in [0.25, 0.3) is 22.2 Å². The minimum absolute atomic E-state index is 0.0223. The van der Waals surface area contributed by atoms with Crippen molar-refractivity contribution in [3.8, 4) is 28.7 Å². The molecule has 0 amide bonds. The van der Waals surface area contributed by atoms with Gasteiger partial charge in [-0.15, -0.1) is 0 Å². The van der Waals surface area contributed by atoms with E-state index in [-0.39, 0.29) is 143 Å². The first-order valence-electron chi connectivity index (χ1n) is 43.0. The van der Waals surface area contributed by atoms with Crippen LogP contribution in [-0.4, -0.2) is 172 Å². The van der Waals surface area contributed by atoms with Gasteiger partial charge in [0.2, 0.25) is 57.3 Å². The maximum atomic E-state index is 12.6. The summed E-state index contributed by atoms with van der Waals surface area (Å²) in [6.45, 7) is 25.7. The topological polar surface area (TPSA) is 606 Å². The smallest absolute Gasteiger partial charge is 0.394 e. The summed E-state index contributed by atoms with van der Waals surface area (Å²) in [7, 11) is -8.10. The fourth-order valence-electron chi connectivity index (χ4n) is 12.9. The van der Waals surface area contributed by atoms with Crippen LogP contribution < -0.4 is 69.5 Å². The lowest BCUT2D eigenvalue weighted by Crippen LogP contribution is -2.41. The van der Waals surface area contributed by atoms with Crippen molar-refractivity contribution < 1.29 is 106 Å². The summed E-state index contributed by atoms with van der Waals surface area (Å²) in [6.07, 6.45) is 7.34. The lowest BCUT2D eigenvalue weighted by atomic mass is 9.72. The summed E-state index contributed by atoms with van der Waals surface area (Å²) < 4.78 is 208. The number of hydrogen-bond acceptors (Lipinski definition) is 34. The first-order chi connectivity index (χ1) is 65.3. The number of halogens is 6. The second-order valence-electron chi connectivity index (χ2n) is 34.9. The Bertz CT molecular complexity index is 7650. The van der Waals surface area contributed by atoms with Crippen LogP contribution in [0.2, 0.25) is 25.1 Å². The Morgan fingerprint density at radius 3 is 1.22 bits per heavy atom. The first kappa shape index (κ1) is 114. The van der Waals surface area contributed by atoms with Crippen LogP contribution in [0.15, 0.2) is 156 Å². The third-order valence-electron chi connectivity index (χ3n) is 20.8. The van der Waals surface area contributed by atoms with Crippen LogP contribution in [0, 0.1) is 17.8 Å². The van der Waals surface area contributed by atoms with E-state index >= 15 is 0 Å². The predicted molar refractivity (Wildman–Crippen MR) is 538 cm³/mol. The number of nitrogens with zero attached hydrogens (tertiary/aromatic N) is 6. The highest BCUT2D eigenvalue weighted by molar-refractivity contribution is 8.14. The SMILES string of the molecule is CC(C)(C)c1nc2ccc(Cl)c(S(=O)(=O)Cl)c2o1.CC1(C)CCc2occc2[C@@H]1N.CCOc1c(C)c(=O)c1=O.CCOc1c(Nc2ccc(Cl)c(S(=O)(=O)N(C)C)c2O)c(=O)c1=O.CN(C)S(=O)(=O)c1c(Cl)ccc(N)c1O.CN(C)S(=O)(=O)c1c(Cl)ccc(Nc2c(N[C@H]3c4ccoc4CCC3(C)C)c(=O)c2=O)c1O.CN(C)S(=O)(=O)c1c(Cl)ccc2nc(C(C)(C)C)oc12.O=S(=O)(O)O.[2H]C([2H])([2H])CC. The number of anilines is 6. The highest BCUT2D eigenvalue weighted by Gasteiger charge is 2.42. The number of benzene rings is 5. The molecule has 0 saturated heterocycles. The number of aromatic nitrogens is 2. The zero-order valence-electron chi connectivity index (χ0n) is 82.8. The molecule has 0 fully saturated rings. The molecule has 2 atom stereocenters. The van der Waals surface area contributed by atoms with Crippen LogP contribution in [0.5, 0.6) is 28.7 Å². The van der Waals surface area contributed by atoms with E-state index in [1.165, 1.54) is 110 Å². The van der Waals surface area contributed by atoms with E-state index in [9.17, 15) is 86.2 Å². The average molecular weight is 2200 g/mol. The molecular formula is C88H111Cl6N11O29S6. The highest BCUT2D eigenvalue weighted by Crippen LogP contribution is 2.49. The van der Waals surface area contributed by atoms with Gasteiger partial charge in [0.15, 0.2) is 39.9 Å². The van der Waals surface area contributed by atoms with Gasteiger partial charge >= 0.3 is 10.4 Å². The number of oxazole rings is 2. The molecule has 0 saturated carbocycles. The Hall–Kier alpha value is -9.80. The van der Waals surface area contributed by atoms with Crippen molar-refractivity contribution in [3.05, 3.63) is 212 Å². The number of nitrogen functional groups attached to an aromatic ring is 1. The fraction of sp³-hybridized carbons (Fsp3) is 0.409. The molecule has 0 unspecified atom stereocenters. The molecule has 4 heterocycles. The summed E-state index contributed by atoms with van der Waals surface area (Å²) in [4.78, 5) is 76.1. The summed E-state index contributed by atoms with van der Waals surface area (Å²) in [6, 6.07) is 17.8. The molecule has 4 aromatic heterocycles. The summed E-state index contributed by atoms with van der Waals surface area (Å²) in [5.74, 6) is 1.08. The molecule has 0 spiro atoms. The zero-order valence-corrected chi connectivity index (χ0v) is 89.2. The lowest BCUT2D eigenvalue weighted by molar-refractivity contribution is 0.236. The summed E-state index contributed by atoms with van der Waals surface area (Å²) in [5, 5.41) is 38.7. The predicted octanol–water partition coefficient (Wildman–Crippen LogP) is 15.0. The van der Waals surface area contributed by atoms with Crippen molar-refractivity contribution in [2.45, 2.75) is 183 Å². The number of nitrogens with two attached hydrogens (primary N) is 2. The van der Waals surface area contributed by atoms with Gasteiger partial charge in [-0.3, -0.25) is 37.9 Å². The number of fused-ring (bicyclic) bond motifs is 4. The number of rotatable bonds is 19. The number of hydrogen-bond donors (Lipinski definition) is 10. The van der Waals surface area contributed by atoms with Gasteiger partial charge in [0.1, 0.15) is 64.1 Å². The van der Waals surface area contributed by atoms with E-state index in [0.29, 0.717) is 35.0 Å². The van der Waals surface area contributed by atoms with Gasteiger partial charge < -0.3 is 69.9 Å². The second kappa shape index (κ2) is 46.3. The summed E-state index contributed by atoms with van der Waals surface area (Å²) >= 11 is 29.6. The van der Waals surface area contributed by atoms with Gasteiger partial charge in [0.05, 0.1) is 74.0 Å². The monoisotopic (exact) mass is 2190 g/mol. The summed E-state index contributed by atoms with van der Waals surface area (Å²) in [5.41, 5.74) is 10.3. The van der Waals surface area contributed by atoms with E-state index in [4.69, 9.17) is 129 Å². The molecule has 2 aliphatic rings. The quantitative estimate of drug-likeness (QED) is 0.0118. The van der Waals surface area contributed by atoms with Gasteiger partial charge in [0, 0.05) is 118 Å². The largest absolute Gasteiger partial charge is 0.504 e. The van der Waals surface area contributed by atoms with E-state index in [2.05, 4.69) is 53.6 Å². The second-order valence-corrected chi connectivity index (χ2v) is 48.7. The molecule has 8 aromatic carbocycles. The van der Waals surface area contributed by atoms with Gasteiger partial charge in [-0.25, -0.2) is 69.3 Å². The minimum Gasteiger partial charge on any atom is -0.504 e. The van der Waals surface area contributed by atoms with E-state index < -0.39 is 126 Å². The zero-order chi connectivity index (χ0) is 110. The van der Waals surface area contributed by atoms with Crippen LogP contribution in [0.1, 0.15) is 172 Å². The molecule has 52 heteroatoms. The van der Waals surface area contributed by atoms with E-state index in [1.807, 2.05) is 53.7 Å². The fourth-order valence-corrected chi connectivity index (χ4v) is 20.5. The number of ether oxygens (including phenoxy) is 2. The van der Waals surface area contributed by atoms with Crippen molar-refractivity contribution >= 4 is 185 Å². The number of phenols is 3. The van der Waals surface area contributed by atoms with Crippen LogP contribution in [-0.2, 0) is 83.2 Å². The molecule has 0 aliphatic heterocycles. The van der Waals surface area contributed by atoms with Crippen molar-refractivity contribution in [3.63, 3.8) is 0 Å². The first-order valence-corrected chi connectivity index (χ1v) is 52.9. The van der Waals surface area contributed by atoms with E-state index in [1.54, 1.807) is 52.4 Å². The third-order valence-corrected chi connectivity index (χ3v) is 31.8. The molecule has 0 bridgehead atoms. The number of aromatic hydroxyl groups is 3. The van der Waals surface area contributed by atoms with Gasteiger partial charge in [-0.2, -0.15) is 8.42 Å². The molecule has 0 radical (unpaired) electrons. The Kier molecular flexibility index (Phi) is 37.6. The van der Waals surface area contributed by atoms with Crippen molar-refractivity contribution in [2.24, 2.45) is 16.6 Å². The molecule has 140 heavy (non-hydrogen) atoms. The Balaban J connectivity index is 0.000000257. The van der Waals surface area contributed by atoms with Crippen LogP contribution in [0.4, 0.5) is 34.1 Å². The van der Waals surface area contributed by atoms with Crippen LogP contribution >= 0.6 is 68.7 Å². The lowest BCUT2D eigenvalue weighted by Gasteiger charge is -2.39. The Morgan fingerprint density at radius 2 is 0.821 bits per heavy atom. The maximum absolute atomic E-state index is 12.6. The number of sulfonamides is 4. The van der Waals surface area contributed by atoms with E-state index in [0.717, 1.165) is 60.0 Å². The Morgan fingerprint density at radius 1 is 0.486 bits per heavy atom. The van der Waals surface area contributed by atoms with Gasteiger partial charge in [-0.05, 0) is 117 Å². The van der Waals surface area contributed by atoms with Crippen molar-refractivity contribution in [2.75, 3.05) is 91.3 Å². The number of phenolic OH excluding ortho intramolecular Hbond substituents is 3. The molecule has 14 rings (SSSR count). The number of furan rings is 2. The number of nitrogens with one attached hydrogen (secondary N) is 3. The number of aryl methyl sites for hydroxylation is 2. The molecule has 770 valence electrons. The normalized spacial score (nSPS) is 15.1. The molecule has 40 nitrogen and oxygen atoms in total. The van der Waals surface area contributed by atoms with Crippen LogP contribution in [0.3, 0.4) is 0 Å².